The Kier molecular flexibility index (Phi) is 6.76. The van der Waals surface area contributed by atoms with Gasteiger partial charge in [-0.25, -0.2) is 0 Å². The number of halogens is 3. The number of hydrogen-bond donors (Lipinski definition) is 1. The second kappa shape index (κ2) is 9.29. The molecule has 158 valence electrons. The first-order chi connectivity index (χ1) is 14.3. The van der Waals surface area contributed by atoms with Crippen molar-refractivity contribution in [2.75, 3.05) is 11.1 Å². The largest absolute Gasteiger partial charge is 0.418 e. The van der Waals surface area contributed by atoms with Crippen molar-refractivity contribution in [2.45, 2.75) is 31.7 Å². The Bertz CT molecular complexity index is 1010. The molecule has 0 aliphatic carbocycles. The molecule has 0 aliphatic rings. The van der Waals surface area contributed by atoms with Crippen molar-refractivity contribution in [3.05, 3.63) is 54.4 Å². The number of para-hydroxylation sites is 1. The molecule has 0 saturated carbocycles. The summed E-state index contributed by atoms with van der Waals surface area (Å²) >= 11 is 1.13. The van der Waals surface area contributed by atoms with Crippen LogP contribution in [0.4, 0.5) is 18.9 Å². The number of aromatic nitrogens is 4. The first kappa shape index (κ1) is 21.8. The Morgan fingerprint density at radius 3 is 2.50 bits per heavy atom. The number of anilines is 1. The van der Waals surface area contributed by atoms with Gasteiger partial charge in [-0.2, -0.15) is 13.2 Å². The summed E-state index contributed by atoms with van der Waals surface area (Å²) < 4.78 is 41.2. The van der Waals surface area contributed by atoms with Gasteiger partial charge in [0, 0.05) is 24.5 Å². The summed E-state index contributed by atoms with van der Waals surface area (Å²) in [6.07, 6.45) is -1.24. The molecule has 0 radical (unpaired) electrons. The molecule has 1 aromatic carbocycles. The van der Waals surface area contributed by atoms with Crippen LogP contribution in [-0.2, 0) is 17.5 Å². The number of pyridine rings is 1. The van der Waals surface area contributed by atoms with Crippen LogP contribution in [0.3, 0.4) is 0 Å². The summed E-state index contributed by atoms with van der Waals surface area (Å²) in [6, 6.07) is 8.52. The van der Waals surface area contributed by atoms with E-state index in [0.717, 1.165) is 23.4 Å². The third-order valence-corrected chi connectivity index (χ3v) is 5.01. The zero-order valence-electron chi connectivity index (χ0n) is 16.3. The van der Waals surface area contributed by atoms with Gasteiger partial charge in [-0.05, 0) is 30.2 Å². The Morgan fingerprint density at radius 1 is 1.13 bits per heavy atom. The lowest BCUT2D eigenvalue weighted by atomic mass is 10.1. The molecule has 3 aromatic rings. The monoisotopic (exact) mass is 435 g/mol. The van der Waals surface area contributed by atoms with Crippen LogP contribution >= 0.6 is 11.8 Å². The molecule has 1 N–H and O–H groups in total. The van der Waals surface area contributed by atoms with E-state index in [1.54, 1.807) is 12.4 Å². The molecule has 0 aliphatic heterocycles. The number of rotatable bonds is 7. The van der Waals surface area contributed by atoms with Crippen LogP contribution in [0, 0.1) is 5.92 Å². The normalized spacial score (nSPS) is 11.7. The molecule has 2 heterocycles. The molecule has 0 spiro atoms. The quantitative estimate of drug-likeness (QED) is 0.543. The number of carbonyl (C=O) groups excluding carboxylic acids is 1. The Labute approximate surface area is 175 Å². The smallest absolute Gasteiger partial charge is 0.325 e. The van der Waals surface area contributed by atoms with Crippen LogP contribution in [0.25, 0.3) is 11.4 Å². The van der Waals surface area contributed by atoms with E-state index >= 15 is 0 Å². The Balaban J connectivity index is 1.75. The highest BCUT2D eigenvalue weighted by atomic mass is 32.2. The van der Waals surface area contributed by atoms with Gasteiger partial charge in [-0.1, -0.05) is 37.7 Å². The van der Waals surface area contributed by atoms with E-state index in [0.29, 0.717) is 23.4 Å². The van der Waals surface area contributed by atoms with Gasteiger partial charge in [0.2, 0.25) is 5.91 Å². The van der Waals surface area contributed by atoms with Crippen LogP contribution in [0.15, 0.2) is 53.9 Å². The molecule has 10 heteroatoms. The molecule has 3 rings (SSSR count). The predicted molar refractivity (Wildman–Crippen MR) is 109 cm³/mol. The third kappa shape index (κ3) is 5.38. The molecular weight excluding hydrogens is 415 g/mol. The van der Waals surface area contributed by atoms with Crippen molar-refractivity contribution in [3.63, 3.8) is 0 Å². The van der Waals surface area contributed by atoms with Crippen LogP contribution < -0.4 is 5.32 Å². The van der Waals surface area contributed by atoms with Crippen LogP contribution in [0.5, 0.6) is 0 Å². The van der Waals surface area contributed by atoms with Crippen molar-refractivity contribution < 1.29 is 18.0 Å². The topological polar surface area (TPSA) is 72.7 Å². The number of hydrogen-bond acceptors (Lipinski definition) is 5. The minimum Gasteiger partial charge on any atom is -0.325 e. The van der Waals surface area contributed by atoms with Crippen LogP contribution in [0.2, 0.25) is 0 Å². The fraction of sp³-hybridized carbons (Fsp3) is 0.300. The molecule has 0 fully saturated rings. The molecule has 30 heavy (non-hydrogen) atoms. The molecule has 1 amide bonds. The number of amides is 1. The molecule has 2 aromatic heterocycles. The average Bonchev–Trinajstić information content (AvgIpc) is 3.08. The van der Waals surface area contributed by atoms with Gasteiger partial charge in [0.25, 0.3) is 0 Å². The maximum atomic E-state index is 13.1. The number of nitrogens with zero attached hydrogens (tertiary/aromatic N) is 4. The summed E-state index contributed by atoms with van der Waals surface area (Å²) in [4.78, 5) is 16.3. The highest BCUT2D eigenvalue weighted by Crippen LogP contribution is 2.34. The predicted octanol–water partition coefficient (Wildman–Crippen LogP) is 4.75. The highest BCUT2D eigenvalue weighted by Gasteiger charge is 2.33. The minimum absolute atomic E-state index is 0.0984. The first-order valence-electron chi connectivity index (χ1n) is 9.18. The minimum atomic E-state index is -4.55. The lowest BCUT2D eigenvalue weighted by Crippen LogP contribution is -2.18. The van der Waals surface area contributed by atoms with Crippen molar-refractivity contribution in [2.24, 2.45) is 5.92 Å². The SMILES string of the molecule is CC(C)Cn1c(SCC(=O)Nc2ccccc2C(F)(F)F)nnc1-c1ccncc1. The summed E-state index contributed by atoms with van der Waals surface area (Å²) in [7, 11) is 0. The second-order valence-electron chi connectivity index (χ2n) is 6.93. The van der Waals surface area contributed by atoms with Gasteiger partial charge in [-0.3, -0.25) is 9.78 Å². The highest BCUT2D eigenvalue weighted by molar-refractivity contribution is 7.99. The molecule has 0 saturated heterocycles. The van der Waals surface area contributed by atoms with Crippen molar-refractivity contribution >= 4 is 23.4 Å². The van der Waals surface area contributed by atoms with Gasteiger partial charge in [0.15, 0.2) is 11.0 Å². The van der Waals surface area contributed by atoms with Gasteiger partial charge in [0.1, 0.15) is 0 Å². The van der Waals surface area contributed by atoms with Crippen molar-refractivity contribution in [1.82, 2.24) is 19.7 Å². The van der Waals surface area contributed by atoms with E-state index in [9.17, 15) is 18.0 Å². The van der Waals surface area contributed by atoms with Crippen molar-refractivity contribution in [3.8, 4) is 11.4 Å². The van der Waals surface area contributed by atoms with E-state index in [2.05, 4.69) is 20.5 Å². The van der Waals surface area contributed by atoms with Gasteiger partial charge < -0.3 is 9.88 Å². The number of benzene rings is 1. The molecule has 0 atom stereocenters. The summed E-state index contributed by atoms with van der Waals surface area (Å²) in [5.74, 6) is 0.296. The van der Waals surface area contributed by atoms with E-state index in [-0.39, 0.29) is 11.4 Å². The fourth-order valence-corrected chi connectivity index (χ4v) is 3.54. The lowest BCUT2D eigenvalue weighted by Gasteiger charge is -2.14. The average molecular weight is 435 g/mol. The number of carbonyl (C=O) groups is 1. The summed E-state index contributed by atoms with van der Waals surface area (Å²) in [5.41, 5.74) is -0.309. The van der Waals surface area contributed by atoms with Gasteiger partial charge in [-0.15, -0.1) is 10.2 Å². The molecule has 0 unspecified atom stereocenters. The van der Waals surface area contributed by atoms with Crippen LogP contribution in [0.1, 0.15) is 19.4 Å². The summed E-state index contributed by atoms with van der Waals surface area (Å²) in [5, 5.41) is 11.3. The maximum Gasteiger partial charge on any atom is 0.418 e. The van der Waals surface area contributed by atoms with E-state index < -0.39 is 17.6 Å². The molecular formula is C20H20F3N5OS. The maximum absolute atomic E-state index is 13.1. The summed E-state index contributed by atoms with van der Waals surface area (Å²) in [6.45, 7) is 4.72. The first-order valence-corrected chi connectivity index (χ1v) is 10.2. The van der Waals surface area contributed by atoms with E-state index in [4.69, 9.17) is 0 Å². The Hall–Kier alpha value is -2.88. The van der Waals surface area contributed by atoms with Gasteiger partial charge >= 0.3 is 6.18 Å². The molecule has 0 bridgehead atoms. The van der Waals surface area contributed by atoms with Crippen LogP contribution in [-0.4, -0.2) is 31.4 Å². The zero-order valence-corrected chi connectivity index (χ0v) is 17.2. The Morgan fingerprint density at radius 2 is 1.83 bits per heavy atom. The van der Waals surface area contributed by atoms with E-state index in [1.807, 2.05) is 30.5 Å². The lowest BCUT2D eigenvalue weighted by molar-refractivity contribution is -0.137. The third-order valence-electron chi connectivity index (χ3n) is 4.04. The van der Waals surface area contributed by atoms with E-state index in [1.165, 1.54) is 18.2 Å². The second-order valence-corrected chi connectivity index (χ2v) is 7.87. The number of thioether (sulfide) groups is 1. The standard InChI is InChI=1S/C20H20F3N5OS/c1-13(2)11-28-18(14-7-9-24-10-8-14)26-27-19(28)30-12-17(29)25-16-6-4-3-5-15(16)20(21,22)23/h3-10,13H,11-12H2,1-2H3,(H,25,29). The number of nitrogens with one attached hydrogen (secondary N) is 1. The fourth-order valence-electron chi connectivity index (χ4n) is 2.80. The van der Waals surface area contributed by atoms with Crippen molar-refractivity contribution in [1.29, 1.82) is 0 Å². The number of alkyl halides is 3. The molecule has 6 nitrogen and oxygen atoms in total. The van der Waals surface area contributed by atoms with Gasteiger partial charge in [0.05, 0.1) is 17.0 Å². The zero-order chi connectivity index (χ0) is 21.7.